The first-order valence-corrected chi connectivity index (χ1v) is 39.9. The second kappa shape index (κ2) is 61.9. The van der Waals surface area contributed by atoms with Crippen LogP contribution in [0.15, 0.2) is 0 Å². The predicted octanol–water partition coefficient (Wildman–Crippen LogP) is 20.2. The van der Waals surface area contributed by atoms with Gasteiger partial charge >= 0.3 is 39.5 Å². The molecule has 0 heterocycles. The van der Waals surface area contributed by atoms with Crippen LogP contribution >= 0.6 is 15.6 Å². The van der Waals surface area contributed by atoms with Crippen molar-refractivity contribution in [1.82, 2.24) is 0 Å². The molecule has 0 aliphatic heterocycles. The highest BCUT2D eigenvalue weighted by Crippen LogP contribution is 2.45. The highest BCUT2D eigenvalue weighted by Gasteiger charge is 2.30. The molecule has 0 aromatic carbocycles. The summed E-state index contributed by atoms with van der Waals surface area (Å²) in [6.45, 7) is 11.8. The summed E-state index contributed by atoms with van der Waals surface area (Å²) in [7, 11) is -9.90. The van der Waals surface area contributed by atoms with Gasteiger partial charge in [0.25, 0.3) is 0 Å². The summed E-state index contributed by atoms with van der Waals surface area (Å²) in [5.74, 6) is 0.0704. The summed E-state index contributed by atoms with van der Waals surface area (Å²) in [4.78, 5) is 72.6. The number of carbonyl (C=O) groups excluding carboxylic acids is 4. The van der Waals surface area contributed by atoms with E-state index in [2.05, 4.69) is 48.5 Å². The van der Waals surface area contributed by atoms with E-state index in [0.29, 0.717) is 31.6 Å². The average Bonchev–Trinajstić information content (AvgIpc) is 2.35. The summed E-state index contributed by atoms with van der Waals surface area (Å²) >= 11 is 0. The van der Waals surface area contributed by atoms with Gasteiger partial charge in [-0.25, -0.2) is 9.13 Å². The molecule has 0 rings (SSSR count). The van der Waals surface area contributed by atoms with E-state index in [1.165, 1.54) is 161 Å². The second-order valence-electron chi connectivity index (χ2n) is 26.8. The topological polar surface area (TPSA) is 237 Å². The summed E-state index contributed by atoms with van der Waals surface area (Å²) in [5.41, 5.74) is 0. The number of phosphoric ester groups is 2. The third-order valence-corrected chi connectivity index (χ3v) is 18.6. The molecule has 0 amide bonds. The summed E-state index contributed by atoms with van der Waals surface area (Å²) in [6, 6.07) is 0. The van der Waals surface area contributed by atoms with Gasteiger partial charge in [0.1, 0.15) is 19.3 Å². The van der Waals surface area contributed by atoms with Gasteiger partial charge < -0.3 is 33.8 Å². The molecule has 534 valence electrons. The first-order valence-electron chi connectivity index (χ1n) is 36.9. The predicted molar refractivity (Wildman–Crippen MR) is 363 cm³/mol. The number of aliphatic hydroxyl groups is 1. The number of phosphoric acid groups is 2. The molecule has 0 saturated heterocycles. The highest BCUT2D eigenvalue weighted by molar-refractivity contribution is 7.47. The Hall–Kier alpha value is -1.94. The minimum Gasteiger partial charge on any atom is -0.462 e. The van der Waals surface area contributed by atoms with Crippen LogP contribution in [0.1, 0.15) is 357 Å². The van der Waals surface area contributed by atoms with E-state index in [1.54, 1.807) is 0 Å². The van der Waals surface area contributed by atoms with E-state index in [1.807, 2.05) is 0 Å². The lowest BCUT2D eigenvalue weighted by molar-refractivity contribution is -0.161. The Morgan fingerprint density at radius 2 is 0.567 bits per heavy atom. The van der Waals surface area contributed by atoms with Crippen molar-refractivity contribution < 1.29 is 80.2 Å². The molecule has 3 N–H and O–H groups in total. The van der Waals surface area contributed by atoms with Crippen LogP contribution in [-0.4, -0.2) is 96.7 Å². The number of esters is 4. The third-order valence-electron chi connectivity index (χ3n) is 16.7. The molecule has 0 aliphatic carbocycles. The SMILES string of the molecule is CCCCCCCCCCCCCCCCCCC(=O)O[C@H](COC(=O)CCCCCCCCCCCCCC(C)C)COP(=O)(O)OC[C@@H](O)COP(=O)(O)OC[C@@H](COC(=O)CCCCCCCCC(C)CC)OC(=O)CCCCCCCCCC(C)C. The zero-order chi connectivity index (χ0) is 66.6. The monoisotopic (exact) mass is 1320 g/mol. The van der Waals surface area contributed by atoms with Crippen LogP contribution in [0.4, 0.5) is 0 Å². The normalized spacial score (nSPS) is 14.5. The first kappa shape index (κ1) is 88.1. The molecule has 19 heteroatoms. The van der Waals surface area contributed by atoms with Crippen molar-refractivity contribution in [2.75, 3.05) is 39.6 Å². The lowest BCUT2D eigenvalue weighted by atomic mass is 10.00. The van der Waals surface area contributed by atoms with Crippen LogP contribution in [0.3, 0.4) is 0 Å². The van der Waals surface area contributed by atoms with Crippen LogP contribution in [-0.2, 0) is 65.4 Å². The minimum atomic E-state index is -4.95. The Balaban J connectivity index is 5.24. The maximum absolute atomic E-state index is 13.0. The zero-order valence-electron chi connectivity index (χ0n) is 58.6. The number of ether oxygens (including phenoxy) is 4. The van der Waals surface area contributed by atoms with E-state index in [4.69, 9.17) is 37.0 Å². The van der Waals surface area contributed by atoms with Gasteiger partial charge in [-0.05, 0) is 43.4 Å². The Morgan fingerprint density at radius 1 is 0.322 bits per heavy atom. The zero-order valence-corrected chi connectivity index (χ0v) is 60.4. The van der Waals surface area contributed by atoms with E-state index < -0.39 is 97.5 Å². The molecule has 3 unspecified atom stereocenters. The largest absolute Gasteiger partial charge is 0.472 e. The van der Waals surface area contributed by atoms with Gasteiger partial charge in [-0.3, -0.25) is 37.3 Å². The first-order chi connectivity index (χ1) is 43.3. The highest BCUT2D eigenvalue weighted by atomic mass is 31.2. The number of unbranched alkanes of at least 4 members (excludes halogenated alkanes) is 36. The van der Waals surface area contributed by atoms with E-state index in [-0.39, 0.29) is 25.7 Å². The van der Waals surface area contributed by atoms with E-state index in [9.17, 15) is 43.2 Å². The Bertz CT molecular complexity index is 1770. The van der Waals surface area contributed by atoms with Crippen LogP contribution in [0.2, 0.25) is 0 Å². The van der Waals surface area contributed by atoms with Gasteiger partial charge in [-0.2, -0.15) is 0 Å². The van der Waals surface area contributed by atoms with Crippen LogP contribution < -0.4 is 0 Å². The van der Waals surface area contributed by atoms with Crippen molar-refractivity contribution >= 4 is 39.5 Å². The second-order valence-corrected chi connectivity index (χ2v) is 29.7. The number of carbonyl (C=O) groups is 4. The lowest BCUT2D eigenvalue weighted by Crippen LogP contribution is -2.30. The molecule has 0 saturated carbocycles. The number of hydrogen-bond acceptors (Lipinski definition) is 15. The van der Waals surface area contributed by atoms with Gasteiger partial charge in [-0.1, -0.05) is 305 Å². The smallest absolute Gasteiger partial charge is 0.462 e. The van der Waals surface area contributed by atoms with Crippen molar-refractivity contribution in [2.24, 2.45) is 17.8 Å². The fraction of sp³-hybridized carbons (Fsp3) is 0.944. The third kappa shape index (κ3) is 63.5. The molecular formula is C71H138O17P2. The fourth-order valence-electron chi connectivity index (χ4n) is 10.7. The molecular weight excluding hydrogens is 1190 g/mol. The molecule has 0 aromatic rings. The van der Waals surface area contributed by atoms with Gasteiger partial charge in [0.05, 0.1) is 26.4 Å². The van der Waals surface area contributed by atoms with Gasteiger partial charge in [0.2, 0.25) is 0 Å². The van der Waals surface area contributed by atoms with Crippen molar-refractivity contribution in [1.29, 1.82) is 0 Å². The summed E-state index contributed by atoms with van der Waals surface area (Å²) in [6.07, 6.45) is 45.9. The molecule has 0 aromatic heterocycles. The number of rotatable bonds is 69. The Kier molecular flexibility index (Phi) is 60.6. The maximum atomic E-state index is 13.0. The van der Waals surface area contributed by atoms with E-state index >= 15 is 0 Å². The van der Waals surface area contributed by atoms with Crippen LogP contribution in [0.5, 0.6) is 0 Å². The Morgan fingerprint density at radius 3 is 0.844 bits per heavy atom. The molecule has 0 radical (unpaired) electrons. The standard InChI is InChI=1S/C71H138O17P2/c1-8-10-11-12-13-14-15-16-17-18-19-22-26-31-40-47-54-70(75)87-66(58-81-68(73)52-45-38-30-25-23-20-21-24-28-35-42-49-62(3)4)60-85-89(77,78)83-56-65(72)57-84-90(79,80)86-61-67(88-71(76)55-48-41-32-27-29-36-43-50-63(5)6)59-82-69(74)53-46-39-34-33-37-44-51-64(7)9-2/h62-67,72H,8-61H2,1-7H3,(H,77,78)(H,79,80)/t64?,65-,66-,67-/m1/s1. The maximum Gasteiger partial charge on any atom is 0.472 e. The fourth-order valence-corrected chi connectivity index (χ4v) is 12.3. The van der Waals surface area contributed by atoms with Crippen molar-refractivity contribution in [2.45, 2.75) is 375 Å². The Labute approximate surface area is 549 Å². The molecule has 0 bridgehead atoms. The van der Waals surface area contributed by atoms with E-state index in [0.717, 1.165) is 108 Å². The summed E-state index contributed by atoms with van der Waals surface area (Å²) < 4.78 is 68.3. The minimum absolute atomic E-state index is 0.102. The van der Waals surface area contributed by atoms with Crippen molar-refractivity contribution in [3.63, 3.8) is 0 Å². The number of hydrogen-bond donors (Lipinski definition) is 3. The van der Waals surface area contributed by atoms with Crippen molar-refractivity contribution in [3.8, 4) is 0 Å². The van der Waals surface area contributed by atoms with Gasteiger partial charge in [-0.15, -0.1) is 0 Å². The molecule has 6 atom stereocenters. The molecule has 90 heavy (non-hydrogen) atoms. The lowest BCUT2D eigenvalue weighted by Gasteiger charge is -2.21. The average molecular weight is 1330 g/mol. The summed E-state index contributed by atoms with van der Waals surface area (Å²) in [5, 5.41) is 10.6. The number of aliphatic hydroxyl groups excluding tert-OH is 1. The van der Waals surface area contributed by atoms with Crippen molar-refractivity contribution in [3.05, 3.63) is 0 Å². The van der Waals surface area contributed by atoms with Crippen LogP contribution in [0.25, 0.3) is 0 Å². The quantitative estimate of drug-likeness (QED) is 0.0222. The van der Waals surface area contributed by atoms with Crippen LogP contribution in [0, 0.1) is 17.8 Å². The molecule has 0 aliphatic rings. The van der Waals surface area contributed by atoms with Gasteiger partial charge in [0.15, 0.2) is 12.2 Å². The van der Waals surface area contributed by atoms with Gasteiger partial charge in [0, 0.05) is 25.7 Å². The molecule has 17 nitrogen and oxygen atoms in total. The molecule has 0 spiro atoms. The molecule has 0 fully saturated rings.